The van der Waals surface area contributed by atoms with Crippen LogP contribution in [0.15, 0.2) is 23.6 Å². The van der Waals surface area contributed by atoms with Crippen LogP contribution < -0.4 is 0 Å². The number of nitrogens with zero attached hydrogens (tertiary/aromatic N) is 2. The number of ether oxygens (including phenoxy) is 1. The first-order valence-electron chi connectivity index (χ1n) is 5.28. The van der Waals surface area contributed by atoms with Crippen LogP contribution in [0.4, 0.5) is 0 Å². The van der Waals surface area contributed by atoms with E-state index in [0.29, 0.717) is 0 Å². The van der Waals surface area contributed by atoms with Crippen molar-refractivity contribution in [3.05, 3.63) is 18.6 Å². The molecule has 0 saturated carbocycles. The minimum atomic E-state index is -0.183. The summed E-state index contributed by atoms with van der Waals surface area (Å²) in [6.07, 6.45) is 6.05. The molecule has 0 aromatic carbocycles. The normalized spacial score (nSPS) is 12.1. The van der Waals surface area contributed by atoms with Gasteiger partial charge >= 0.3 is 5.97 Å². The molecule has 0 bridgehead atoms. The minimum Gasteiger partial charge on any atom is -0.468 e. The van der Waals surface area contributed by atoms with Crippen LogP contribution in [0.1, 0.15) is 26.2 Å². The van der Waals surface area contributed by atoms with Gasteiger partial charge in [0.25, 0.3) is 0 Å². The average molecular weight is 240 g/mol. The van der Waals surface area contributed by atoms with E-state index in [0.717, 1.165) is 24.3 Å². The number of aromatic nitrogens is 2. The molecule has 1 aromatic heterocycles. The second kappa shape index (κ2) is 7.22. The van der Waals surface area contributed by atoms with Gasteiger partial charge in [-0.25, -0.2) is 9.97 Å². The van der Waals surface area contributed by atoms with E-state index in [1.54, 1.807) is 12.3 Å². The van der Waals surface area contributed by atoms with Crippen LogP contribution in [0.3, 0.4) is 0 Å². The van der Waals surface area contributed by atoms with Crippen LogP contribution in [0, 0.1) is 0 Å². The van der Waals surface area contributed by atoms with E-state index >= 15 is 0 Å². The van der Waals surface area contributed by atoms with Gasteiger partial charge in [-0.05, 0) is 12.5 Å². The van der Waals surface area contributed by atoms with Gasteiger partial charge in [-0.1, -0.05) is 31.5 Å². The molecule has 1 aromatic rings. The molecule has 5 heteroatoms. The van der Waals surface area contributed by atoms with Gasteiger partial charge in [-0.3, -0.25) is 4.79 Å². The maximum atomic E-state index is 11.5. The molecule has 4 nitrogen and oxygen atoms in total. The van der Waals surface area contributed by atoms with Crippen molar-refractivity contribution < 1.29 is 9.53 Å². The highest BCUT2D eigenvalue weighted by Crippen LogP contribution is 2.25. The van der Waals surface area contributed by atoms with E-state index in [1.807, 2.05) is 0 Å². The second-order valence-electron chi connectivity index (χ2n) is 3.32. The minimum absolute atomic E-state index is 0.167. The lowest BCUT2D eigenvalue weighted by Crippen LogP contribution is -2.18. The molecule has 1 unspecified atom stereocenters. The zero-order chi connectivity index (χ0) is 11.8. The fourth-order valence-electron chi connectivity index (χ4n) is 1.24. The number of thioether (sulfide) groups is 1. The Kier molecular flexibility index (Phi) is 5.85. The van der Waals surface area contributed by atoms with Gasteiger partial charge in [0.2, 0.25) is 0 Å². The van der Waals surface area contributed by atoms with Crippen molar-refractivity contribution in [3.8, 4) is 0 Å². The Morgan fingerprint density at radius 3 is 3.00 bits per heavy atom. The molecular formula is C11H16N2O2S. The van der Waals surface area contributed by atoms with E-state index in [1.165, 1.54) is 25.2 Å². The summed E-state index contributed by atoms with van der Waals surface area (Å²) < 4.78 is 4.78. The quantitative estimate of drug-likeness (QED) is 0.434. The first-order chi connectivity index (χ1) is 7.77. The summed E-state index contributed by atoms with van der Waals surface area (Å²) in [5.74, 6) is -0.183. The summed E-state index contributed by atoms with van der Waals surface area (Å²) in [7, 11) is 1.42. The summed E-state index contributed by atoms with van der Waals surface area (Å²) in [5, 5.41) is 0.640. The van der Waals surface area contributed by atoms with Crippen molar-refractivity contribution in [2.24, 2.45) is 0 Å². The van der Waals surface area contributed by atoms with Crippen molar-refractivity contribution >= 4 is 17.7 Å². The van der Waals surface area contributed by atoms with Crippen LogP contribution in [0.5, 0.6) is 0 Å². The molecule has 0 amide bonds. The number of rotatable bonds is 6. The first kappa shape index (κ1) is 13.0. The van der Waals surface area contributed by atoms with E-state index in [-0.39, 0.29) is 11.2 Å². The summed E-state index contributed by atoms with van der Waals surface area (Å²) in [5.41, 5.74) is 0. The molecule has 1 atom stereocenters. The lowest BCUT2D eigenvalue weighted by molar-refractivity contribution is -0.140. The molecular weight excluding hydrogens is 224 g/mol. The maximum Gasteiger partial charge on any atom is 0.319 e. The van der Waals surface area contributed by atoms with Crippen LogP contribution in [-0.4, -0.2) is 28.3 Å². The van der Waals surface area contributed by atoms with Gasteiger partial charge in [0.05, 0.1) is 7.11 Å². The fourth-order valence-corrected chi connectivity index (χ4v) is 2.26. The largest absolute Gasteiger partial charge is 0.468 e. The molecule has 0 aliphatic carbocycles. The van der Waals surface area contributed by atoms with Gasteiger partial charge < -0.3 is 4.74 Å². The summed E-state index contributed by atoms with van der Waals surface area (Å²) in [4.78, 5) is 19.5. The van der Waals surface area contributed by atoms with Gasteiger partial charge in [0.1, 0.15) is 16.6 Å². The average Bonchev–Trinajstić information content (AvgIpc) is 2.34. The third-order valence-corrected chi connectivity index (χ3v) is 3.30. The number of carbonyl (C=O) groups is 1. The van der Waals surface area contributed by atoms with Crippen LogP contribution in [0.25, 0.3) is 0 Å². The van der Waals surface area contributed by atoms with E-state index in [4.69, 9.17) is 4.74 Å². The highest BCUT2D eigenvalue weighted by molar-refractivity contribution is 8.00. The Balaban J connectivity index is 2.59. The molecule has 0 fully saturated rings. The van der Waals surface area contributed by atoms with Crippen LogP contribution in [-0.2, 0) is 9.53 Å². The number of hydrogen-bond acceptors (Lipinski definition) is 5. The number of unbranched alkanes of at least 4 members (excludes halogenated alkanes) is 1. The van der Waals surface area contributed by atoms with Crippen LogP contribution in [0.2, 0.25) is 0 Å². The summed E-state index contributed by atoms with van der Waals surface area (Å²) >= 11 is 1.44. The summed E-state index contributed by atoms with van der Waals surface area (Å²) in [6.45, 7) is 2.10. The van der Waals surface area contributed by atoms with Crippen molar-refractivity contribution in [1.82, 2.24) is 9.97 Å². The van der Waals surface area contributed by atoms with E-state index in [9.17, 15) is 4.79 Å². The smallest absolute Gasteiger partial charge is 0.319 e. The van der Waals surface area contributed by atoms with E-state index in [2.05, 4.69) is 16.9 Å². The molecule has 1 heterocycles. The van der Waals surface area contributed by atoms with Gasteiger partial charge in [-0.15, -0.1) is 0 Å². The molecule has 1 rings (SSSR count). The van der Waals surface area contributed by atoms with Crippen molar-refractivity contribution in [2.75, 3.05) is 7.11 Å². The monoisotopic (exact) mass is 240 g/mol. The Labute approximate surface area is 99.8 Å². The van der Waals surface area contributed by atoms with Crippen LogP contribution >= 0.6 is 11.8 Å². The summed E-state index contributed by atoms with van der Waals surface area (Å²) in [6, 6.07) is 1.80. The number of carbonyl (C=O) groups excluding carboxylic acids is 1. The van der Waals surface area contributed by atoms with E-state index < -0.39 is 0 Å². The third-order valence-electron chi connectivity index (χ3n) is 2.10. The topological polar surface area (TPSA) is 52.1 Å². The predicted molar refractivity (Wildman–Crippen MR) is 63.2 cm³/mol. The number of hydrogen-bond donors (Lipinski definition) is 0. The zero-order valence-corrected chi connectivity index (χ0v) is 10.4. The van der Waals surface area contributed by atoms with Gasteiger partial charge in [0, 0.05) is 6.20 Å². The molecule has 0 radical (unpaired) electrons. The molecule has 0 spiro atoms. The molecule has 0 aliphatic rings. The van der Waals surface area contributed by atoms with Gasteiger partial charge in [0.15, 0.2) is 0 Å². The Morgan fingerprint density at radius 2 is 2.44 bits per heavy atom. The molecule has 16 heavy (non-hydrogen) atoms. The maximum absolute atomic E-state index is 11.5. The molecule has 88 valence electrons. The number of methoxy groups -OCH3 is 1. The van der Waals surface area contributed by atoms with Gasteiger partial charge in [-0.2, -0.15) is 0 Å². The standard InChI is InChI=1S/C11H16N2O2S/c1-3-4-5-9(11(14)15-2)16-10-6-7-12-8-13-10/h6-9H,3-5H2,1-2H3. The Morgan fingerprint density at radius 1 is 1.62 bits per heavy atom. The SMILES string of the molecule is CCCCC(Sc1ccncn1)C(=O)OC. The predicted octanol–water partition coefficient (Wildman–Crippen LogP) is 2.30. The second-order valence-corrected chi connectivity index (χ2v) is 4.54. The van der Waals surface area contributed by atoms with Crippen molar-refractivity contribution in [2.45, 2.75) is 36.5 Å². The molecule has 0 aliphatic heterocycles. The lowest BCUT2D eigenvalue weighted by Gasteiger charge is -2.12. The first-order valence-corrected chi connectivity index (χ1v) is 6.16. The molecule has 0 N–H and O–H groups in total. The Bertz CT molecular complexity index is 319. The van der Waals surface area contributed by atoms with Crippen molar-refractivity contribution in [3.63, 3.8) is 0 Å². The third kappa shape index (κ3) is 4.18. The zero-order valence-electron chi connectivity index (χ0n) is 9.55. The fraction of sp³-hybridized carbons (Fsp3) is 0.545. The molecule has 0 saturated heterocycles. The highest BCUT2D eigenvalue weighted by Gasteiger charge is 2.20. The van der Waals surface area contributed by atoms with Crippen molar-refractivity contribution in [1.29, 1.82) is 0 Å². The number of esters is 1. The lowest BCUT2D eigenvalue weighted by atomic mass is 10.2. The highest BCUT2D eigenvalue weighted by atomic mass is 32.2. The Hall–Kier alpha value is -1.10.